The first-order valence-corrected chi connectivity index (χ1v) is 8.91. The quantitative estimate of drug-likeness (QED) is 0.676. The lowest BCUT2D eigenvalue weighted by atomic mass is 10.2. The number of ether oxygens (including phenoxy) is 1. The molecule has 0 radical (unpaired) electrons. The Balaban J connectivity index is 1.74. The molecule has 0 unspecified atom stereocenters. The van der Waals surface area contributed by atoms with Gasteiger partial charge in [0.05, 0.1) is 18.1 Å². The molecule has 0 fully saturated rings. The van der Waals surface area contributed by atoms with E-state index in [-0.39, 0.29) is 11.6 Å². The van der Waals surface area contributed by atoms with E-state index in [0.29, 0.717) is 17.2 Å². The van der Waals surface area contributed by atoms with Crippen molar-refractivity contribution < 1.29 is 9.53 Å². The van der Waals surface area contributed by atoms with Gasteiger partial charge in [-0.3, -0.25) is 4.79 Å². The smallest absolute Gasteiger partial charge is 0.275 e. The SMILES string of the molecule is CCN(CC)c1cnc(C(=O)Nc2ccccc2Oc2ccccc2)cn1. The predicted molar refractivity (Wildman–Crippen MR) is 107 cm³/mol. The number of carbonyl (C=O) groups excluding carboxylic acids is 1. The molecule has 0 bridgehead atoms. The molecule has 0 saturated carbocycles. The minimum Gasteiger partial charge on any atom is -0.455 e. The Labute approximate surface area is 158 Å². The zero-order valence-electron chi connectivity index (χ0n) is 15.4. The Morgan fingerprint density at radius 3 is 2.33 bits per heavy atom. The van der Waals surface area contributed by atoms with Crippen LogP contribution in [-0.2, 0) is 0 Å². The number of hydrogen-bond acceptors (Lipinski definition) is 5. The van der Waals surface area contributed by atoms with Gasteiger partial charge in [-0.05, 0) is 38.1 Å². The highest BCUT2D eigenvalue weighted by atomic mass is 16.5. The highest BCUT2D eigenvalue weighted by Crippen LogP contribution is 2.29. The molecule has 0 aliphatic heterocycles. The third kappa shape index (κ3) is 4.61. The van der Waals surface area contributed by atoms with E-state index >= 15 is 0 Å². The molecule has 6 heteroatoms. The summed E-state index contributed by atoms with van der Waals surface area (Å²) in [6, 6.07) is 16.7. The van der Waals surface area contributed by atoms with Gasteiger partial charge in [-0.15, -0.1) is 0 Å². The number of carbonyl (C=O) groups is 1. The van der Waals surface area contributed by atoms with Crippen LogP contribution in [0, 0.1) is 0 Å². The third-order valence-corrected chi connectivity index (χ3v) is 4.06. The normalized spacial score (nSPS) is 10.3. The third-order valence-electron chi connectivity index (χ3n) is 4.06. The fourth-order valence-corrected chi connectivity index (χ4v) is 2.61. The van der Waals surface area contributed by atoms with Crippen LogP contribution in [-0.4, -0.2) is 29.0 Å². The molecule has 3 rings (SSSR count). The molecule has 3 aromatic rings. The summed E-state index contributed by atoms with van der Waals surface area (Å²) in [5.74, 6) is 1.68. The van der Waals surface area contributed by atoms with Gasteiger partial charge in [-0.1, -0.05) is 30.3 Å². The van der Waals surface area contributed by atoms with E-state index < -0.39 is 0 Å². The molecule has 0 aliphatic carbocycles. The van der Waals surface area contributed by atoms with Crippen molar-refractivity contribution in [1.29, 1.82) is 0 Å². The Bertz CT molecular complexity index is 878. The zero-order valence-corrected chi connectivity index (χ0v) is 15.4. The summed E-state index contributed by atoms with van der Waals surface area (Å²) in [5.41, 5.74) is 0.821. The molecular formula is C21H22N4O2. The number of hydrogen-bond donors (Lipinski definition) is 1. The fourth-order valence-electron chi connectivity index (χ4n) is 2.61. The predicted octanol–water partition coefficient (Wildman–Crippen LogP) is 4.37. The fraction of sp³-hybridized carbons (Fsp3) is 0.190. The second-order valence-electron chi connectivity index (χ2n) is 5.80. The first-order chi connectivity index (χ1) is 13.2. The van der Waals surface area contributed by atoms with Crippen molar-refractivity contribution in [2.24, 2.45) is 0 Å². The van der Waals surface area contributed by atoms with Gasteiger partial charge < -0.3 is 15.0 Å². The van der Waals surface area contributed by atoms with Crippen LogP contribution in [0.1, 0.15) is 24.3 Å². The average molecular weight is 362 g/mol. The summed E-state index contributed by atoms with van der Waals surface area (Å²) < 4.78 is 5.87. The molecule has 1 N–H and O–H groups in total. The second-order valence-corrected chi connectivity index (χ2v) is 5.80. The first kappa shape index (κ1) is 18.4. The molecule has 1 heterocycles. The molecule has 138 valence electrons. The summed E-state index contributed by atoms with van der Waals surface area (Å²) in [5, 5.41) is 2.84. The molecule has 0 aliphatic rings. The average Bonchev–Trinajstić information content (AvgIpc) is 2.72. The van der Waals surface area contributed by atoms with Crippen LogP contribution in [0.4, 0.5) is 11.5 Å². The standard InChI is InChI=1S/C21H22N4O2/c1-3-25(4-2)20-15-22-18(14-23-20)21(26)24-17-12-8-9-13-19(17)27-16-10-6-5-7-11-16/h5-15H,3-4H2,1-2H3,(H,24,26). The maximum atomic E-state index is 12.6. The van der Waals surface area contributed by atoms with Crippen molar-refractivity contribution in [3.05, 3.63) is 72.7 Å². The van der Waals surface area contributed by atoms with Crippen molar-refractivity contribution in [2.45, 2.75) is 13.8 Å². The van der Waals surface area contributed by atoms with Crippen molar-refractivity contribution in [1.82, 2.24) is 9.97 Å². The monoisotopic (exact) mass is 362 g/mol. The van der Waals surface area contributed by atoms with Crippen molar-refractivity contribution in [2.75, 3.05) is 23.3 Å². The van der Waals surface area contributed by atoms with Crippen LogP contribution in [0.15, 0.2) is 67.0 Å². The van der Waals surface area contributed by atoms with Crippen LogP contribution in [0.2, 0.25) is 0 Å². The van der Waals surface area contributed by atoms with Crippen LogP contribution in [0.5, 0.6) is 11.5 Å². The topological polar surface area (TPSA) is 67.4 Å². The van der Waals surface area contributed by atoms with Crippen LogP contribution < -0.4 is 15.0 Å². The molecule has 0 saturated heterocycles. The molecule has 27 heavy (non-hydrogen) atoms. The number of amides is 1. The van der Waals surface area contributed by atoms with E-state index in [1.54, 1.807) is 18.3 Å². The number of para-hydroxylation sites is 3. The number of aromatic nitrogens is 2. The van der Waals surface area contributed by atoms with Crippen molar-refractivity contribution in [3.63, 3.8) is 0 Å². The molecule has 1 aromatic heterocycles. The first-order valence-electron chi connectivity index (χ1n) is 8.91. The number of rotatable bonds is 7. The lowest BCUT2D eigenvalue weighted by Crippen LogP contribution is -2.23. The number of nitrogens with one attached hydrogen (secondary N) is 1. The zero-order chi connectivity index (χ0) is 19.1. The molecule has 0 spiro atoms. The lowest BCUT2D eigenvalue weighted by Gasteiger charge is -2.19. The summed E-state index contributed by atoms with van der Waals surface area (Å²) in [7, 11) is 0. The Hall–Kier alpha value is -3.41. The molecule has 0 atom stereocenters. The van der Waals surface area contributed by atoms with Crippen molar-refractivity contribution in [3.8, 4) is 11.5 Å². The maximum Gasteiger partial charge on any atom is 0.275 e. The van der Waals surface area contributed by atoms with Crippen LogP contribution in [0.25, 0.3) is 0 Å². The Morgan fingerprint density at radius 2 is 1.67 bits per heavy atom. The van der Waals surface area contributed by atoms with Crippen LogP contribution in [0.3, 0.4) is 0 Å². The molecule has 6 nitrogen and oxygen atoms in total. The summed E-state index contributed by atoms with van der Waals surface area (Å²) in [6.07, 6.45) is 3.11. The number of benzene rings is 2. The highest BCUT2D eigenvalue weighted by molar-refractivity contribution is 6.03. The van der Waals surface area contributed by atoms with Gasteiger partial charge in [-0.2, -0.15) is 0 Å². The van der Waals surface area contributed by atoms with Gasteiger partial charge in [-0.25, -0.2) is 9.97 Å². The van der Waals surface area contributed by atoms with Gasteiger partial charge in [0.1, 0.15) is 17.3 Å². The van der Waals surface area contributed by atoms with Gasteiger partial charge in [0.25, 0.3) is 5.91 Å². The van der Waals surface area contributed by atoms with E-state index in [1.807, 2.05) is 42.5 Å². The second kappa shape index (κ2) is 8.80. The number of anilines is 2. The molecule has 1 amide bonds. The van der Waals surface area contributed by atoms with Crippen LogP contribution >= 0.6 is 0 Å². The van der Waals surface area contributed by atoms with E-state index in [2.05, 4.69) is 34.0 Å². The van der Waals surface area contributed by atoms with Gasteiger partial charge >= 0.3 is 0 Å². The Morgan fingerprint density at radius 1 is 0.963 bits per heavy atom. The minimum absolute atomic E-state index is 0.250. The summed E-state index contributed by atoms with van der Waals surface area (Å²) in [6.45, 7) is 5.77. The van der Waals surface area contributed by atoms with Gasteiger partial charge in [0.15, 0.2) is 5.75 Å². The van der Waals surface area contributed by atoms with Gasteiger partial charge in [0.2, 0.25) is 0 Å². The van der Waals surface area contributed by atoms with E-state index in [9.17, 15) is 4.79 Å². The molecular weight excluding hydrogens is 340 g/mol. The lowest BCUT2D eigenvalue weighted by molar-refractivity contribution is 0.102. The summed E-state index contributed by atoms with van der Waals surface area (Å²) >= 11 is 0. The Kier molecular flexibility index (Phi) is 5.99. The summed E-state index contributed by atoms with van der Waals surface area (Å²) in [4.78, 5) is 23.2. The number of nitrogens with zero attached hydrogens (tertiary/aromatic N) is 3. The van der Waals surface area contributed by atoms with Gasteiger partial charge in [0, 0.05) is 13.1 Å². The van der Waals surface area contributed by atoms with E-state index in [4.69, 9.17) is 4.74 Å². The maximum absolute atomic E-state index is 12.6. The van der Waals surface area contributed by atoms with Crippen molar-refractivity contribution >= 4 is 17.4 Å². The highest BCUT2D eigenvalue weighted by Gasteiger charge is 2.13. The van der Waals surface area contributed by atoms with E-state index in [0.717, 1.165) is 18.9 Å². The largest absolute Gasteiger partial charge is 0.455 e. The minimum atomic E-state index is -0.335. The van der Waals surface area contributed by atoms with E-state index in [1.165, 1.54) is 6.20 Å². The molecule has 2 aromatic carbocycles.